The molecule has 1 aliphatic heterocycles. The molecule has 0 aliphatic carbocycles. The van der Waals surface area contributed by atoms with E-state index >= 15 is 0 Å². The lowest BCUT2D eigenvalue weighted by atomic mass is 10.9. The van der Waals surface area contributed by atoms with E-state index in [1.165, 1.54) is 13.1 Å². The van der Waals surface area contributed by atoms with Gasteiger partial charge in [-0.25, -0.2) is 0 Å². The first-order valence-electron chi connectivity index (χ1n) is 2.79. The first-order chi connectivity index (χ1) is 3.39. The van der Waals surface area contributed by atoms with Gasteiger partial charge in [-0.1, -0.05) is 0 Å². The summed E-state index contributed by atoms with van der Waals surface area (Å²) in [5.74, 6) is 0. The maximum atomic E-state index is 3.27. The van der Waals surface area contributed by atoms with Gasteiger partial charge in [0, 0.05) is 26.2 Å². The van der Waals surface area contributed by atoms with Crippen LogP contribution in [0.5, 0.6) is 0 Å². The molecule has 0 amide bonds. The number of hydrogen-bond acceptors (Lipinski definition) is 2. The summed E-state index contributed by atoms with van der Waals surface area (Å²) >= 11 is 0. The molecule has 0 aromatic heterocycles. The summed E-state index contributed by atoms with van der Waals surface area (Å²) in [5.41, 5.74) is 0. The zero-order chi connectivity index (χ0) is 5.11. The van der Waals surface area contributed by atoms with Crippen molar-refractivity contribution in [3.63, 3.8) is 0 Å². The standard InChI is InChI=1S/C5H12N2/c1-7-4-2-6-3-5-7/h6H,2-5H2,1H3/i2+1,4+1,5+1. The van der Waals surface area contributed by atoms with Gasteiger partial charge in [-0.2, -0.15) is 0 Å². The van der Waals surface area contributed by atoms with Crippen LogP contribution < -0.4 is 5.32 Å². The molecule has 2 heteroatoms. The molecule has 1 fully saturated rings. The summed E-state index contributed by atoms with van der Waals surface area (Å²) in [6.07, 6.45) is 0. The van der Waals surface area contributed by atoms with Crippen molar-refractivity contribution in [1.82, 2.24) is 10.2 Å². The van der Waals surface area contributed by atoms with Crippen LogP contribution in [0, 0.1) is 0 Å². The molecule has 0 spiro atoms. The van der Waals surface area contributed by atoms with Crippen LogP contribution in [-0.2, 0) is 0 Å². The first-order valence-corrected chi connectivity index (χ1v) is 2.79. The Balaban J connectivity index is 2.12. The highest BCUT2D eigenvalue weighted by Crippen LogP contribution is 1.82. The number of nitrogens with zero attached hydrogens (tertiary/aromatic N) is 1. The smallest absolute Gasteiger partial charge is 0.0104 e. The van der Waals surface area contributed by atoms with Crippen molar-refractivity contribution in [3.8, 4) is 0 Å². The second kappa shape index (κ2) is 2.28. The molecular weight excluding hydrogens is 91.0 g/mol. The summed E-state index contributed by atoms with van der Waals surface area (Å²) in [4.78, 5) is 2.33. The topological polar surface area (TPSA) is 15.3 Å². The zero-order valence-electron chi connectivity index (χ0n) is 4.78. The molecule has 42 valence electrons. The van der Waals surface area contributed by atoms with Gasteiger partial charge < -0.3 is 10.2 Å². The van der Waals surface area contributed by atoms with E-state index in [9.17, 15) is 0 Å². The Morgan fingerprint density at radius 3 is 2.14 bits per heavy atom. The minimum absolute atomic E-state index is 1.16. The van der Waals surface area contributed by atoms with Crippen molar-refractivity contribution in [2.24, 2.45) is 0 Å². The van der Waals surface area contributed by atoms with Gasteiger partial charge in [-0.15, -0.1) is 0 Å². The fraction of sp³-hybridized carbons (Fsp3) is 1.00. The molecule has 1 heterocycles. The zero-order valence-corrected chi connectivity index (χ0v) is 4.78. The maximum absolute atomic E-state index is 3.27. The average Bonchev–Trinajstić information content (AvgIpc) is 1.69. The van der Waals surface area contributed by atoms with Crippen LogP contribution in [0.25, 0.3) is 0 Å². The minimum atomic E-state index is 1.16. The summed E-state index contributed by atoms with van der Waals surface area (Å²) in [6.45, 7) is 4.74. The molecule has 1 saturated heterocycles. The van der Waals surface area contributed by atoms with E-state index in [4.69, 9.17) is 0 Å². The van der Waals surface area contributed by atoms with Gasteiger partial charge in [0.05, 0.1) is 0 Å². The quantitative estimate of drug-likeness (QED) is 0.417. The number of hydrogen-bond donors (Lipinski definition) is 1. The van der Waals surface area contributed by atoms with Crippen molar-refractivity contribution in [1.29, 1.82) is 0 Å². The molecule has 0 radical (unpaired) electrons. The summed E-state index contributed by atoms with van der Waals surface area (Å²) in [6, 6.07) is 0. The number of rotatable bonds is 0. The molecule has 0 aromatic carbocycles. The van der Waals surface area contributed by atoms with Crippen LogP contribution in [0.3, 0.4) is 0 Å². The van der Waals surface area contributed by atoms with Gasteiger partial charge in [-0.3, -0.25) is 0 Å². The molecule has 1 rings (SSSR count). The lowest BCUT2D eigenvalue weighted by Gasteiger charge is -2.21. The molecule has 0 saturated carbocycles. The van der Waals surface area contributed by atoms with Crippen LogP contribution >= 0.6 is 0 Å². The SMILES string of the molecule is CN1[13CH2]CN[13CH2][13CH2]1. The highest BCUT2D eigenvalue weighted by Gasteiger charge is 2.01. The monoisotopic (exact) mass is 103 g/mol. The predicted molar refractivity (Wildman–Crippen MR) is 30.4 cm³/mol. The van der Waals surface area contributed by atoms with Gasteiger partial charge in [0.15, 0.2) is 0 Å². The van der Waals surface area contributed by atoms with Crippen LogP contribution in [0.4, 0.5) is 0 Å². The number of nitrogens with one attached hydrogen (secondary N) is 1. The van der Waals surface area contributed by atoms with Crippen LogP contribution in [0.2, 0.25) is 0 Å². The highest BCUT2D eigenvalue weighted by atomic mass is 15.4. The Morgan fingerprint density at radius 2 is 1.86 bits per heavy atom. The Labute approximate surface area is 44.5 Å². The minimum Gasteiger partial charge on any atom is -0.314 e. The van der Waals surface area contributed by atoms with E-state index < -0.39 is 0 Å². The van der Waals surface area contributed by atoms with E-state index in [0.717, 1.165) is 13.1 Å². The molecular formula is C5H12N2. The van der Waals surface area contributed by atoms with Crippen molar-refractivity contribution in [2.75, 3.05) is 33.2 Å². The Bertz CT molecular complexity index is 48.0. The summed E-state index contributed by atoms with van der Waals surface area (Å²) in [5, 5.41) is 3.27. The fourth-order valence-electron chi connectivity index (χ4n) is 0.777. The predicted octanol–water partition coefficient (Wildman–Crippen LogP) is -0.479. The Hall–Kier alpha value is -0.0800. The first kappa shape index (κ1) is 5.06. The number of piperazine rings is 1. The van der Waals surface area contributed by atoms with Gasteiger partial charge in [0.25, 0.3) is 0 Å². The van der Waals surface area contributed by atoms with Gasteiger partial charge >= 0.3 is 0 Å². The molecule has 1 N–H and O–H groups in total. The van der Waals surface area contributed by atoms with Gasteiger partial charge in [0.2, 0.25) is 0 Å². The molecule has 0 unspecified atom stereocenters. The fourth-order valence-corrected chi connectivity index (χ4v) is 0.777. The second-order valence-corrected chi connectivity index (χ2v) is 2.05. The van der Waals surface area contributed by atoms with E-state index in [1.54, 1.807) is 0 Å². The third kappa shape index (κ3) is 1.45. The second-order valence-electron chi connectivity index (χ2n) is 2.05. The van der Waals surface area contributed by atoms with Crippen molar-refractivity contribution in [2.45, 2.75) is 0 Å². The van der Waals surface area contributed by atoms with E-state index in [1.807, 2.05) is 0 Å². The number of likely N-dealkylation sites (N-methyl/N-ethyl adjacent to an activating group) is 1. The van der Waals surface area contributed by atoms with E-state index in [2.05, 4.69) is 17.3 Å². The molecule has 7 heavy (non-hydrogen) atoms. The lowest BCUT2D eigenvalue weighted by Crippen LogP contribution is -2.40. The summed E-state index contributed by atoms with van der Waals surface area (Å²) < 4.78 is 0. The Morgan fingerprint density at radius 1 is 1.29 bits per heavy atom. The molecule has 2 nitrogen and oxygen atoms in total. The third-order valence-electron chi connectivity index (χ3n) is 1.34. The molecule has 0 atom stereocenters. The third-order valence-corrected chi connectivity index (χ3v) is 1.34. The summed E-state index contributed by atoms with van der Waals surface area (Å²) in [7, 11) is 2.15. The van der Waals surface area contributed by atoms with Crippen molar-refractivity contribution >= 4 is 0 Å². The van der Waals surface area contributed by atoms with Crippen molar-refractivity contribution < 1.29 is 0 Å². The highest BCUT2D eigenvalue weighted by molar-refractivity contribution is 4.62. The van der Waals surface area contributed by atoms with Crippen LogP contribution in [-0.4, -0.2) is 38.1 Å². The lowest BCUT2D eigenvalue weighted by molar-refractivity contribution is 0.291. The largest absolute Gasteiger partial charge is 0.314 e. The molecule has 0 bridgehead atoms. The maximum Gasteiger partial charge on any atom is 0.0104 e. The molecule has 0 aromatic rings. The van der Waals surface area contributed by atoms with Crippen LogP contribution in [0.15, 0.2) is 0 Å². The van der Waals surface area contributed by atoms with E-state index in [0.29, 0.717) is 0 Å². The van der Waals surface area contributed by atoms with Crippen molar-refractivity contribution in [3.05, 3.63) is 0 Å². The van der Waals surface area contributed by atoms with Crippen LogP contribution in [0.1, 0.15) is 0 Å². The van der Waals surface area contributed by atoms with E-state index in [-0.39, 0.29) is 0 Å². The normalized spacial score (nSPS) is 25.3. The average molecular weight is 103 g/mol. The van der Waals surface area contributed by atoms with Gasteiger partial charge in [0.1, 0.15) is 0 Å². The Kier molecular flexibility index (Phi) is 1.65. The molecule has 1 aliphatic rings. The van der Waals surface area contributed by atoms with Gasteiger partial charge in [-0.05, 0) is 7.05 Å².